The lowest BCUT2D eigenvalue weighted by Gasteiger charge is -2.45. The first kappa shape index (κ1) is 20.7. The van der Waals surface area contributed by atoms with E-state index in [-0.39, 0.29) is 34.9 Å². The topological polar surface area (TPSA) is 117 Å². The van der Waals surface area contributed by atoms with Gasteiger partial charge in [0, 0.05) is 23.2 Å². The van der Waals surface area contributed by atoms with E-state index >= 15 is 0 Å². The summed E-state index contributed by atoms with van der Waals surface area (Å²) in [5.41, 5.74) is -2.06. The van der Waals surface area contributed by atoms with Crippen molar-refractivity contribution in [2.45, 2.75) is 31.0 Å². The molecule has 2 aliphatic heterocycles. The molecule has 3 N–H and O–H groups in total. The van der Waals surface area contributed by atoms with Crippen molar-refractivity contribution in [2.24, 2.45) is 5.92 Å². The molecule has 1 aliphatic carbocycles. The molecule has 166 valence electrons. The zero-order chi connectivity index (χ0) is 23.1. The third-order valence-electron chi connectivity index (χ3n) is 6.47. The fraction of sp³-hybridized carbons (Fsp3) is 0.333. The van der Waals surface area contributed by atoms with E-state index in [2.05, 4.69) is 0 Å². The maximum atomic E-state index is 13.3. The Labute approximate surface area is 184 Å². The van der Waals surface area contributed by atoms with E-state index in [9.17, 15) is 24.9 Å². The van der Waals surface area contributed by atoms with Crippen LogP contribution < -0.4 is 4.74 Å². The molecule has 2 aromatic carbocycles. The largest absolute Gasteiger partial charge is 0.497 e. The molecule has 8 heteroatoms. The van der Waals surface area contributed by atoms with Gasteiger partial charge in [-0.3, -0.25) is 9.59 Å². The summed E-state index contributed by atoms with van der Waals surface area (Å²) in [5.74, 6) is -6.65. The molecule has 2 heterocycles. The van der Waals surface area contributed by atoms with Gasteiger partial charge in [0.25, 0.3) is 17.5 Å². The molecule has 0 aromatic heterocycles. The summed E-state index contributed by atoms with van der Waals surface area (Å²) in [6.07, 6.45) is 0. The van der Waals surface area contributed by atoms with Gasteiger partial charge in [-0.1, -0.05) is 38.1 Å². The van der Waals surface area contributed by atoms with E-state index in [0.29, 0.717) is 11.3 Å². The molecule has 2 aromatic rings. The van der Waals surface area contributed by atoms with Crippen LogP contribution in [-0.4, -0.2) is 51.1 Å². The number of methoxy groups -OCH3 is 1. The van der Waals surface area contributed by atoms with Crippen molar-refractivity contribution in [1.29, 1.82) is 0 Å². The SMILES string of the molecule is COc1ccc(C2=C3C(=O)C(=O)N(CC(C)C)C34C(O)(O)c3ccccc3C4(O)O2)cc1. The summed E-state index contributed by atoms with van der Waals surface area (Å²) in [7, 11) is 1.51. The highest BCUT2D eigenvalue weighted by molar-refractivity contribution is 6.48. The van der Waals surface area contributed by atoms with Crippen LogP contribution in [0.1, 0.15) is 30.5 Å². The van der Waals surface area contributed by atoms with Crippen molar-refractivity contribution in [1.82, 2.24) is 4.90 Å². The van der Waals surface area contributed by atoms with Gasteiger partial charge in [-0.05, 0) is 30.2 Å². The molecular weight excluding hydrogens is 414 g/mol. The number of nitrogens with zero attached hydrogens (tertiary/aromatic N) is 1. The van der Waals surface area contributed by atoms with Crippen molar-refractivity contribution in [2.75, 3.05) is 13.7 Å². The average molecular weight is 437 g/mol. The van der Waals surface area contributed by atoms with E-state index in [0.717, 1.165) is 4.90 Å². The summed E-state index contributed by atoms with van der Waals surface area (Å²) in [5, 5.41) is 35.0. The molecule has 2 unspecified atom stereocenters. The molecule has 0 radical (unpaired) electrons. The minimum Gasteiger partial charge on any atom is -0.497 e. The summed E-state index contributed by atoms with van der Waals surface area (Å²) >= 11 is 0. The number of carbonyl (C=O) groups excluding carboxylic acids is 2. The fourth-order valence-electron chi connectivity index (χ4n) is 5.23. The van der Waals surface area contributed by atoms with Gasteiger partial charge in [-0.2, -0.15) is 0 Å². The fourth-order valence-corrected chi connectivity index (χ4v) is 5.23. The van der Waals surface area contributed by atoms with Crippen molar-refractivity contribution < 1.29 is 34.4 Å². The maximum Gasteiger partial charge on any atom is 0.296 e. The van der Waals surface area contributed by atoms with Gasteiger partial charge in [0.2, 0.25) is 11.3 Å². The Morgan fingerprint density at radius 1 is 1.00 bits per heavy atom. The van der Waals surface area contributed by atoms with Crippen LogP contribution in [0.2, 0.25) is 0 Å². The summed E-state index contributed by atoms with van der Waals surface area (Å²) < 4.78 is 11.2. The van der Waals surface area contributed by atoms with Gasteiger partial charge >= 0.3 is 0 Å². The Kier molecular flexibility index (Phi) is 4.15. The highest BCUT2D eigenvalue weighted by atomic mass is 16.6. The number of likely N-dealkylation sites (tertiary alicyclic amines) is 1. The van der Waals surface area contributed by atoms with Crippen LogP contribution in [0.5, 0.6) is 5.75 Å². The zero-order valence-electron chi connectivity index (χ0n) is 17.8. The molecule has 1 saturated heterocycles. The summed E-state index contributed by atoms with van der Waals surface area (Å²) in [6.45, 7) is 3.66. The van der Waals surface area contributed by atoms with E-state index in [1.54, 1.807) is 36.4 Å². The van der Waals surface area contributed by atoms with Crippen LogP contribution >= 0.6 is 0 Å². The number of hydrogen-bond donors (Lipinski definition) is 3. The molecule has 2 atom stereocenters. The summed E-state index contributed by atoms with van der Waals surface area (Å²) in [4.78, 5) is 27.6. The van der Waals surface area contributed by atoms with Crippen LogP contribution in [0.25, 0.3) is 5.76 Å². The first-order valence-electron chi connectivity index (χ1n) is 10.3. The Bertz CT molecular complexity index is 1180. The Morgan fingerprint density at radius 3 is 2.22 bits per heavy atom. The summed E-state index contributed by atoms with van der Waals surface area (Å²) in [6, 6.07) is 12.7. The zero-order valence-corrected chi connectivity index (χ0v) is 17.8. The Hall–Kier alpha value is -3.20. The first-order chi connectivity index (χ1) is 15.1. The van der Waals surface area contributed by atoms with E-state index in [1.165, 1.54) is 19.2 Å². The lowest BCUT2D eigenvalue weighted by Crippen LogP contribution is -2.66. The lowest BCUT2D eigenvalue weighted by molar-refractivity contribution is -0.312. The number of benzene rings is 2. The predicted octanol–water partition coefficient (Wildman–Crippen LogP) is 1.24. The first-order valence-corrected chi connectivity index (χ1v) is 10.3. The molecular formula is C24H23NO7. The molecule has 3 aliphatic rings. The minimum atomic E-state index is -2.78. The van der Waals surface area contributed by atoms with Crippen LogP contribution in [0.15, 0.2) is 54.1 Å². The molecule has 0 bridgehead atoms. The lowest BCUT2D eigenvalue weighted by atomic mass is 9.78. The number of carbonyl (C=O) groups is 2. The number of ketones is 1. The van der Waals surface area contributed by atoms with Crippen LogP contribution in [0.4, 0.5) is 0 Å². The molecule has 0 saturated carbocycles. The number of Topliss-reactive ketones (excluding diaryl/α,β-unsaturated/α-hetero) is 1. The number of rotatable bonds is 4. The van der Waals surface area contributed by atoms with Crippen LogP contribution in [0.3, 0.4) is 0 Å². The van der Waals surface area contributed by atoms with Gasteiger partial charge in [0.15, 0.2) is 0 Å². The molecule has 32 heavy (non-hydrogen) atoms. The second kappa shape index (κ2) is 6.41. The molecule has 5 rings (SSSR count). The second-order valence-electron chi connectivity index (χ2n) is 8.75. The average Bonchev–Trinajstić information content (AvgIpc) is 3.24. The van der Waals surface area contributed by atoms with Crippen LogP contribution in [0, 0.1) is 5.92 Å². The van der Waals surface area contributed by atoms with E-state index in [1.807, 2.05) is 13.8 Å². The Balaban J connectivity index is 1.85. The van der Waals surface area contributed by atoms with Gasteiger partial charge in [0.05, 0.1) is 12.7 Å². The Morgan fingerprint density at radius 2 is 1.62 bits per heavy atom. The smallest absolute Gasteiger partial charge is 0.296 e. The monoisotopic (exact) mass is 437 g/mol. The molecule has 1 fully saturated rings. The second-order valence-corrected chi connectivity index (χ2v) is 8.75. The standard InChI is InChI=1S/C24H23NO7/c1-13(2)12-25-21(27)19(26)18-20(14-8-10-15(31-3)11-9-14)32-24(30)17-7-5-4-6-16(17)23(28,29)22(18,24)25/h4-11,13,28-30H,12H2,1-3H3. The molecule has 1 amide bonds. The van der Waals surface area contributed by atoms with Crippen LogP contribution in [-0.2, 0) is 25.9 Å². The van der Waals surface area contributed by atoms with E-state index in [4.69, 9.17) is 9.47 Å². The number of ether oxygens (including phenoxy) is 2. The third kappa shape index (κ3) is 2.16. The van der Waals surface area contributed by atoms with Gasteiger partial charge in [-0.15, -0.1) is 0 Å². The van der Waals surface area contributed by atoms with Gasteiger partial charge in [-0.25, -0.2) is 0 Å². The number of fused-ring (bicyclic) bond motifs is 2. The van der Waals surface area contributed by atoms with Crippen molar-refractivity contribution in [3.8, 4) is 5.75 Å². The minimum absolute atomic E-state index is 0.00644. The highest BCUT2D eigenvalue weighted by Crippen LogP contribution is 2.67. The van der Waals surface area contributed by atoms with Crippen molar-refractivity contribution >= 4 is 17.4 Å². The number of aliphatic hydroxyl groups is 3. The third-order valence-corrected chi connectivity index (χ3v) is 6.47. The quantitative estimate of drug-likeness (QED) is 0.487. The van der Waals surface area contributed by atoms with Gasteiger partial charge < -0.3 is 29.7 Å². The van der Waals surface area contributed by atoms with Crippen molar-refractivity contribution in [3.05, 3.63) is 70.8 Å². The predicted molar refractivity (Wildman–Crippen MR) is 112 cm³/mol. The molecule has 1 spiro atoms. The van der Waals surface area contributed by atoms with E-state index < -0.39 is 28.8 Å². The number of amides is 1. The van der Waals surface area contributed by atoms with Crippen molar-refractivity contribution in [3.63, 3.8) is 0 Å². The maximum absolute atomic E-state index is 13.3. The normalized spacial score (nSPS) is 27.5. The van der Waals surface area contributed by atoms with Gasteiger partial charge in [0.1, 0.15) is 11.5 Å². The highest BCUT2D eigenvalue weighted by Gasteiger charge is 2.85. The molecule has 8 nitrogen and oxygen atoms in total. The number of hydrogen-bond acceptors (Lipinski definition) is 7.